The van der Waals surface area contributed by atoms with Crippen molar-refractivity contribution in [3.63, 3.8) is 0 Å². The predicted molar refractivity (Wildman–Crippen MR) is 82.3 cm³/mol. The summed E-state index contributed by atoms with van der Waals surface area (Å²) in [7, 11) is 0. The number of hydrogen-bond donors (Lipinski definition) is 1. The van der Waals surface area contributed by atoms with Crippen molar-refractivity contribution in [3.8, 4) is 22.6 Å². The first-order valence-electron chi connectivity index (χ1n) is 6.91. The van der Waals surface area contributed by atoms with Gasteiger partial charge in [0.1, 0.15) is 17.3 Å². The lowest BCUT2D eigenvalue weighted by Crippen LogP contribution is -1.95. The van der Waals surface area contributed by atoms with Crippen molar-refractivity contribution >= 4 is 5.69 Å². The number of aryl methyl sites for hydroxylation is 2. The van der Waals surface area contributed by atoms with Crippen molar-refractivity contribution in [2.75, 3.05) is 5.73 Å². The van der Waals surface area contributed by atoms with E-state index in [1.165, 1.54) is 6.07 Å². The maximum Gasteiger partial charge on any atom is 0.168 e. The van der Waals surface area contributed by atoms with Crippen LogP contribution in [0.5, 0.6) is 11.5 Å². The Hall–Kier alpha value is -2.89. The maximum absolute atomic E-state index is 13.8. The number of rotatable bonds is 3. The number of aromatic nitrogens is 1. The number of nitrogens with zero attached hydrogens (tertiary/aromatic N) is 1. The van der Waals surface area contributed by atoms with Crippen molar-refractivity contribution in [1.29, 1.82) is 0 Å². The Morgan fingerprint density at radius 1 is 1.04 bits per heavy atom. The number of nitrogens with two attached hydrogens (primary N) is 1. The van der Waals surface area contributed by atoms with Crippen LogP contribution in [-0.4, -0.2) is 5.16 Å². The summed E-state index contributed by atoms with van der Waals surface area (Å²) in [5.74, 6) is -0.564. The lowest BCUT2D eigenvalue weighted by Gasteiger charge is -2.12. The molecule has 0 aliphatic carbocycles. The maximum atomic E-state index is 13.8. The van der Waals surface area contributed by atoms with Crippen LogP contribution in [0.3, 0.4) is 0 Å². The molecular weight excluding hydrogens is 302 g/mol. The van der Waals surface area contributed by atoms with Gasteiger partial charge < -0.3 is 15.0 Å². The molecule has 0 amide bonds. The fraction of sp³-hybridized carbons (Fsp3) is 0.118. The molecule has 0 unspecified atom stereocenters. The van der Waals surface area contributed by atoms with Crippen molar-refractivity contribution in [3.05, 3.63) is 59.5 Å². The molecule has 2 aromatic carbocycles. The number of benzene rings is 2. The molecule has 2 N–H and O–H groups in total. The Morgan fingerprint density at radius 2 is 1.78 bits per heavy atom. The third kappa shape index (κ3) is 2.88. The summed E-state index contributed by atoms with van der Waals surface area (Å²) in [6.45, 7) is 3.55. The Balaban J connectivity index is 2.10. The van der Waals surface area contributed by atoms with Crippen LogP contribution in [0.25, 0.3) is 11.1 Å². The number of hydrogen-bond acceptors (Lipinski definition) is 4. The highest BCUT2D eigenvalue weighted by atomic mass is 19.1. The van der Waals surface area contributed by atoms with E-state index in [1.54, 1.807) is 32.0 Å². The summed E-state index contributed by atoms with van der Waals surface area (Å²) in [4.78, 5) is 0. The van der Waals surface area contributed by atoms with Crippen LogP contribution in [0.15, 0.2) is 40.9 Å². The second-order valence-electron chi connectivity index (χ2n) is 5.13. The molecular formula is C17H14F2N2O2. The van der Waals surface area contributed by atoms with Crippen LogP contribution in [0.4, 0.5) is 14.5 Å². The fourth-order valence-corrected chi connectivity index (χ4v) is 2.38. The Labute approximate surface area is 131 Å². The minimum atomic E-state index is -0.786. The van der Waals surface area contributed by atoms with E-state index in [9.17, 15) is 8.78 Å². The zero-order valence-corrected chi connectivity index (χ0v) is 12.6. The molecule has 0 bridgehead atoms. The first kappa shape index (κ1) is 15.0. The van der Waals surface area contributed by atoms with Gasteiger partial charge in [-0.25, -0.2) is 8.78 Å². The van der Waals surface area contributed by atoms with Crippen LogP contribution in [0.1, 0.15) is 11.5 Å². The van der Waals surface area contributed by atoms with E-state index in [0.29, 0.717) is 28.5 Å². The molecule has 0 saturated carbocycles. The van der Waals surface area contributed by atoms with E-state index < -0.39 is 11.6 Å². The summed E-state index contributed by atoms with van der Waals surface area (Å²) in [6.07, 6.45) is 0. The predicted octanol–water partition coefficient (Wildman–Crippen LogP) is 4.61. The average molecular weight is 316 g/mol. The summed E-state index contributed by atoms with van der Waals surface area (Å²) < 4.78 is 37.6. The molecule has 0 saturated heterocycles. The highest BCUT2D eigenvalue weighted by Crippen LogP contribution is 2.38. The molecule has 1 heterocycles. The summed E-state index contributed by atoms with van der Waals surface area (Å²) >= 11 is 0. The molecule has 0 radical (unpaired) electrons. The van der Waals surface area contributed by atoms with Crippen LogP contribution in [0, 0.1) is 25.5 Å². The summed E-state index contributed by atoms with van der Waals surface area (Å²) in [6, 6.07) is 8.09. The molecule has 1 aromatic heterocycles. The SMILES string of the molecule is Cc1noc(C)c1-c1cc(N)ccc1Oc1ccc(F)cc1F. The molecule has 0 spiro atoms. The largest absolute Gasteiger partial charge is 0.454 e. The lowest BCUT2D eigenvalue weighted by atomic mass is 10.0. The van der Waals surface area contributed by atoms with E-state index in [2.05, 4.69) is 5.16 Å². The Bertz CT molecular complexity index is 856. The number of nitrogen functional groups attached to an aromatic ring is 1. The van der Waals surface area contributed by atoms with Gasteiger partial charge in [0.05, 0.1) is 11.3 Å². The molecule has 4 nitrogen and oxygen atoms in total. The van der Waals surface area contributed by atoms with E-state index >= 15 is 0 Å². The molecule has 0 aliphatic heterocycles. The van der Waals surface area contributed by atoms with Gasteiger partial charge in [0.15, 0.2) is 11.6 Å². The first-order chi connectivity index (χ1) is 11.0. The van der Waals surface area contributed by atoms with Crippen LogP contribution >= 0.6 is 0 Å². The number of anilines is 1. The first-order valence-corrected chi connectivity index (χ1v) is 6.91. The normalized spacial score (nSPS) is 10.8. The fourth-order valence-electron chi connectivity index (χ4n) is 2.38. The van der Waals surface area contributed by atoms with Gasteiger partial charge >= 0.3 is 0 Å². The van der Waals surface area contributed by atoms with Gasteiger partial charge in [-0.1, -0.05) is 5.16 Å². The number of halogens is 2. The van der Waals surface area contributed by atoms with Gasteiger partial charge in [-0.3, -0.25) is 0 Å². The molecule has 0 fully saturated rings. The van der Waals surface area contributed by atoms with E-state index in [4.69, 9.17) is 15.0 Å². The monoisotopic (exact) mass is 316 g/mol. The molecule has 3 rings (SSSR count). The standard InChI is InChI=1S/C17H14F2N2O2/c1-9-17(10(2)23-21-9)13-8-12(20)4-6-15(13)22-16-5-3-11(18)7-14(16)19/h3-8H,20H2,1-2H3. The van der Waals surface area contributed by atoms with E-state index in [0.717, 1.165) is 17.7 Å². The van der Waals surface area contributed by atoms with Gasteiger partial charge in [-0.15, -0.1) is 0 Å². The molecule has 6 heteroatoms. The Morgan fingerprint density at radius 3 is 2.43 bits per heavy atom. The molecule has 0 atom stereocenters. The van der Waals surface area contributed by atoms with E-state index in [-0.39, 0.29) is 5.75 Å². The second-order valence-corrected chi connectivity index (χ2v) is 5.13. The molecule has 23 heavy (non-hydrogen) atoms. The van der Waals surface area contributed by atoms with Crippen LogP contribution in [-0.2, 0) is 0 Å². The summed E-state index contributed by atoms with van der Waals surface area (Å²) in [5, 5.41) is 3.90. The molecule has 3 aromatic rings. The molecule has 0 aliphatic rings. The molecule has 118 valence electrons. The Kier molecular flexibility index (Phi) is 3.73. The van der Waals surface area contributed by atoms with Crippen molar-refractivity contribution in [2.45, 2.75) is 13.8 Å². The zero-order valence-electron chi connectivity index (χ0n) is 12.6. The van der Waals surface area contributed by atoms with Gasteiger partial charge in [0.2, 0.25) is 0 Å². The van der Waals surface area contributed by atoms with Gasteiger partial charge in [0, 0.05) is 17.3 Å². The van der Waals surface area contributed by atoms with Crippen molar-refractivity contribution < 1.29 is 18.0 Å². The number of ether oxygens (including phenoxy) is 1. The quantitative estimate of drug-likeness (QED) is 0.717. The minimum Gasteiger partial charge on any atom is -0.454 e. The van der Waals surface area contributed by atoms with E-state index in [1.807, 2.05) is 0 Å². The third-order valence-corrected chi connectivity index (χ3v) is 3.42. The smallest absolute Gasteiger partial charge is 0.168 e. The third-order valence-electron chi connectivity index (χ3n) is 3.42. The van der Waals surface area contributed by atoms with Gasteiger partial charge in [0.25, 0.3) is 0 Å². The minimum absolute atomic E-state index is 0.0795. The summed E-state index contributed by atoms with van der Waals surface area (Å²) in [5.41, 5.74) is 8.39. The van der Waals surface area contributed by atoms with Gasteiger partial charge in [-0.2, -0.15) is 0 Å². The van der Waals surface area contributed by atoms with Crippen LogP contribution in [0.2, 0.25) is 0 Å². The highest BCUT2D eigenvalue weighted by molar-refractivity contribution is 5.77. The zero-order chi connectivity index (χ0) is 16.6. The topological polar surface area (TPSA) is 61.3 Å². The van der Waals surface area contributed by atoms with Gasteiger partial charge in [-0.05, 0) is 44.2 Å². The lowest BCUT2D eigenvalue weighted by molar-refractivity contribution is 0.393. The van der Waals surface area contributed by atoms with Crippen LogP contribution < -0.4 is 10.5 Å². The van der Waals surface area contributed by atoms with Crippen molar-refractivity contribution in [2.24, 2.45) is 0 Å². The van der Waals surface area contributed by atoms with Crippen molar-refractivity contribution in [1.82, 2.24) is 5.16 Å². The average Bonchev–Trinajstić information content (AvgIpc) is 2.83. The highest BCUT2D eigenvalue weighted by Gasteiger charge is 2.18. The second kappa shape index (κ2) is 5.72.